The lowest BCUT2D eigenvalue weighted by atomic mass is 10.00. The predicted octanol–water partition coefficient (Wildman–Crippen LogP) is 3.42. The summed E-state index contributed by atoms with van der Waals surface area (Å²) in [5.41, 5.74) is 3.07. The van der Waals surface area contributed by atoms with Crippen LogP contribution in [0, 0.1) is 20.8 Å². The second kappa shape index (κ2) is 3.35. The average molecular weight is 246 g/mol. The van der Waals surface area contributed by atoms with Crippen molar-refractivity contribution in [2.24, 2.45) is 0 Å². The Morgan fingerprint density at radius 3 is 2.71 bits per heavy atom. The van der Waals surface area contributed by atoms with Gasteiger partial charge in [0, 0.05) is 5.39 Å². The van der Waals surface area contributed by atoms with Gasteiger partial charge in [0.2, 0.25) is 0 Å². The maximum absolute atomic E-state index is 5.82. The molecule has 1 aromatic carbocycles. The van der Waals surface area contributed by atoms with Gasteiger partial charge in [0.1, 0.15) is 4.60 Å². The van der Waals surface area contributed by atoms with Crippen LogP contribution in [-0.4, -0.2) is 4.98 Å². The summed E-state index contributed by atoms with van der Waals surface area (Å²) < 4.78 is 0.800. The van der Waals surface area contributed by atoms with Crippen molar-refractivity contribution in [1.82, 2.24) is 4.98 Å². The summed E-state index contributed by atoms with van der Waals surface area (Å²) >= 11 is 3.32. The van der Waals surface area contributed by atoms with Gasteiger partial charge in [-0.3, -0.25) is 0 Å². The van der Waals surface area contributed by atoms with Gasteiger partial charge in [0.25, 0.3) is 0 Å². The van der Waals surface area contributed by atoms with Crippen LogP contribution >= 0.6 is 15.9 Å². The zero-order valence-corrected chi connectivity index (χ0v) is 9.30. The van der Waals surface area contributed by atoms with E-state index in [1.807, 2.05) is 19.1 Å². The standard InChI is InChI=1S/C12H8BrN/c1-7-6-11-10(9(3)8(7)2)4-5-12(13)14-11/h1-2,4-6H,3H3. The van der Waals surface area contributed by atoms with Gasteiger partial charge in [0.15, 0.2) is 0 Å². The van der Waals surface area contributed by atoms with Crippen LogP contribution in [0.1, 0.15) is 16.7 Å². The lowest BCUT2D eigenvalue weighted by molar-refractivity contribution is 1.32. The fraction of sp³-hybridized carbons (Fsp3) is 0.0833. The minimum absolute atomic E-state index is 0.584. The number of hydrogen-bond donors (Lipinski definition) is 0. The Labute approximate surface area is 92.3 Å². The third-order valence-electron chi connectivity index (χ3n) is 2.30. The van der Waals surface area contributed by atoms with Gasteiger partial charge in [-0.05, 0) is 71.6 Å². The molecular weight excluding hydrogens is 238 g/mol. The summed E-state index contributed by atoms with van der Waals surface area (Å²) in [5, 5.41) is 1.04. The summed E-state index contributed by atoms with van der Waals surface area (Å²) in [5.74, 6) is 0. The normalized spacial score (nSPS) is 10.9. The molecule has 1 nitrogen and oxygen atoms in total. The topological polar surface area (TPSA) is 12.9 Å². The molecule has 0 fully saturated rings. The van der Waals surface area contributed by atoms with Gasteiger partial charge >= 0.3 is 0 Å². The Bertz CT molecular complexity index is 503. The van der Waals surface area contributed by atoms with E-state index in [2.05, 4.69) is 20.9 Å². The molecule has 0 aliphatic carbocycles. The quantitative estimate of drug-likeness (QED) is 0.649. The average Bonchev–Trinajstić information content (AvgIpc) is 2.14. The first-order valence-electron chi connectivity index (χ1n) is 4.20. The zero-order chi connectivity index (χ0) is 10.3. The molecule has 0 spiro atoms. The molecule has 1 heterocycles. The van der Waals surface area contributed by atoms with E-state index in [1.165, 1.54) is 0 Å². The molecular formula is C12H8BrN. The van der Waals surface area contributed by atoms with Crippen LogP contribution in [0.4, 0.5) is 0 Å². The number of halogens is 1. The Kier molecular flexibility index (Phi) is 2.31. The summed E-state index contributed by atoms with van der Waals surface area (Å²) in [4.78, 5) is 4.32. The van der Waals surface area contributed by atoms with Crippen molar-refractivity contribution in [3.63, 3.8) is 0 Å². The molecule has 68 valence electrons. The summed E-state index contributed by atoms with van der Waals surface area (Å²) in [6.07, 6.45) is 0. The lowest BCUT2D eigenvalue weighted by Gasteiger charge is -2.08. The van der Waals surface area contributed by atoms with E-state index < -0.39 is 0 Å². The SMILES string of the molecule is [CH]c1cc2nc(Br)ccc2c(C)c1[CH]. The molecule has 0 aliphatic heterocycles. The maximum atomic E-state index is 5.82. The maximum Gasteiger partial charge on any atom is 0.106 e. The molecule has 4 radical (unpaired) electrons. The lowest BCUT2D eigenvalue weighted by Crippen LogP contribution is -1.90. The van der Waals surface area contributed by atoms with Gasteiger partial charge in [-0.1, -0.05) is 0 Å². The molecule has 0 unspecified atom stereocenters. The predicted molar refractivity (Wildman–Crippen MR) is 61.0 cm³/mol. The van der Waals surface area contributed by atoms with Crippen molar-refractivity contribution in [2.45, 2.75) is 6.92 Å². The zero-order valence-electron chi connectivity index (χ0n) is 7.71. The van der Waals surface area contributed by atoms with Gasteiger partial charge in [-0.25, -0.2) is 4.98 Å². The molecule has 0 atom stereocenters. The molecule has 1 aromatic heterocycles. The second-order valence-corrected chi connectivity index (χ2v) is 4.02. The van der Waals surface area contributed by atoms with Crippen molar-refractivity contribution >= 4 is 26.8 Å². The van der Waals surface area contributed by atoms with E-state index in [0.29, 0.717) is 11.1 Å². The Hall–Kier alpha value is -0.890. The van der Waals surface area contributed by atoms with Gasteiger partial charge in [-0.15, -0.1) is 0 Å². The van der Waals surface area contributed by atoms with Crippen molar-refractivity contribution in [3.8, 4) is 0 Å². The number of hydrogen-bond acceptors (Lipinski definition) is 1. The number of rotatable bonds is 0. The third kappa shape index (κ3) is 1.44. The van der Waals surface area contributed by atoms with Crippen LogP contribution in [-0.2, 0) is 0 Å². The number of aromatic nitrogens is 1. The van der Waals surface area contributed by atoms with E-state index in [1.54, 1.807) is 6.07 Å². The molecule has 0 N–H and O–H groups in total. The fourth-order valence-electron chi connectivity index (χ4n) is 1.46. The summed E-state index contributed by atoms with van der Waals surface area (Å²) in [6, 6.07) is 5.67. The van der Waals surface area contributed by atoms with Gasteiger partial charge in [0.05, 0.1) is 5.52 Å². The summed E-state index contributed by atoms with van der Waals surface area (Å²) in [7, 11) is 0. The number of aryl methyl sites for hydroxylation is 1. The van der Waals surface area contributed by atoms with E-state index in [0.717, 1.165) is 21.1 Å². The molecule has 2 heteroatoms. The Balaban J connectivity index is 2.91. The highest BCUT2D eigenvalue weighted by atomic mass is 79.9. The van der Waals surface area contributed by atoms with Crippen LogP contribution < -0.4 is 0 Å². The molecule has 2 rings (SSSR count). The van der Waals surface area contributed by atoms with E-state index in [4.69, 9.17) is 13.8 Å². The molecule has 0 aliphatic rings. The van der Waals surface area contributed by atoms with Crippen molar-refractivity contribution in [3.05, 3.63) is 53.3 Å². The highest BCUT2D eigenvalue weighted by Crippen LogP contribution is 2.24. The molecule has 0 saturated heterocycles. The van der Waals surface area contributed by atoms with Crippen LogP contribution in [0.5, 0.6) is 0 Å². The van der Waals surface area contributed by atoms with Crippen LogP contribution in [0.25, 0.3) is 10.9 Å². The van der Waals surface area contributed by atoms with Gasteiger partial charge < -0.3 is 0 Å². The Morgan fingerprint density at radius 2 is 2.00 bits per heavy atom. The Morgan fingerprint density at radius 1 is 1.29 bits per heavy atom. The molecule has 0 bridgehead atoms. The first-order valence-corrected chi connectivity index (χ1v) is 4.99. The number of benzene rings is 1. The van der Waals surface area contributed by atoms with Crippen LogP contribution in [0.2, 0.25) is 0 Å². The number of fused-ring (bicyclic) bond motifs is 1. The van der Waals surface area contributed by atoms with Crippen molar-refractivity contribution < 1.29 is 0 Å². The van der Waals surface area contributed by atoms with Crippen molar-refractivity contribution in [2.75, 3.05) is 0 Å². The number of nitrogens with zero attached hydrogens (tertiary/aromatic N) is 1. The molecule has 0 amide bonds. The van der Waals surface area contributed by atoms with Crippen molar-refractivity contribution in [1.29, 1.82) is 0 Å². The van der Waals surface area contributed by atoms with E-state index in [-0.39, 0.29) is 0 Å². The monoisotopic (exact) mass is 245 g/mol. The largest absolute Gasteiger partial charge is 0.241 e. The fourth-order valence-corrected chi connectivity index (χ4v) is 1.79. The highest BCUT2D eigenvalue weighted by molar-refractivity contribution is 9.10. The number of pyridine rings is 1. The third-order valence-corrected chi connectivity index (χ3v) is 2.74. The van der Waals surface area contributed by atoms with Gasteiger partial charge in [-0.2, -0.15) is 0 Å². The minimum Gasteiger partial charge on any atom is -0.241 e. The molecule has 2 aromatic rings. The van der Waals surface area contributed by atoms with E-state index in [9.17, 15) is 0 Å². The first-order chi connectivity index (χ1) is 6.59. The van der Waals surface area contributed by atoms with E-state index >= 15 is 0 Å². The first kappa shape index (κ1) is 9.66. The van der Waals surface area contributed by atoms with Crippen LogP contribution in [0.3, 0.4) is 0 Å². The second-order valence-electron chi connectivity index (χ2n) is 3.21. The molecule has 14 heavy (non-hydrogen) atoms. The van der Waals surface area contributed by atoms with Crippen LogP contribution in [0.15, 0.2) is 22.8 Å². The smallest absolute Gasteiger partial charge is 0.106 e. The molecule has 0 saturated carbocycles. The summed E-state index contributed by atoms with van der Waals surface area (Å²) in [6.45, 7) is 13.5. The minimum atomic E-state index is 0.584. The highest BCUT2D eigenvalue weighted by Gasteiger charge is 2.05.